The Morgan fingerprint density at radius 1 is 1.18 bits per heavy atom. The van der Waals surface area contributed by atoms with E-state index in [4.69, 9.17) is 0 Å². The van der Waals surface area contributed by atoms with E-state index in [-0.39, 0.29) is 0 Å². The van der Waals surface area contributed by atoms with Crippen molar-refractivity contribution < 1.29 is 0 Å². The van der Waals surface area contributed by atoms with Crippen molar-refractivity contribution in [3.05, 3.63) is 34.9 Å². The van der Waals surface area contributed by atoms with Crippen molar-refractivity contribution in [2.75, 3.05) is 6.54 Å². The zero-order valence-corrected chi connectivity index (χ0v) is 10.8. The molecule has 2 atom stereocenters. The predicted molar refractivity (Wildman–Crippen MR) is 72.4 cm³/mol. The molecule has 0 bridgehead atoms. The average molecular weight is 229 g/mol. The van der Waals surface area contributed by atoms with Crippen LogP contribution in [0.5, 0.6) is 0 Å². The molecule has 2 aliphatic rings. The molecule has 3 rings (SSSR count). The van der Waals surface area contributed by atoms with Crippen molar-refractivity contribution >= 4 is 0 Å². The van der Waals surface area contributed by atoms with Crippen LogP contribution in [-0.4, -0.2) is 12.6 Å². The highest BCUT2D eigenvalue weighted by atomic mass is 14.9. The van der Waals surface area contributed by atoms with Gasteiger partial charge in [0.15, 0.2) is 0 Å². The summed E-state index contributed by atoms with van der Waals surface area (Å²) in [6, 6.07) is 7.88. The highest BCUT2D eigenvalue weighted by Crippen LogP contribution is 2.25. The van der Waals surface area contributed by atoms with E-state index in [1.807, 2.05) is 0 Å². The fraction of sp³-hybridized carbons (Fsp3) is 0.625. The Morgan fingerprint density at radius 3 is 2.94 bits per heavy atom. The van der Waals surface area contributed by atoms with Gasteiger partial charge in [-0.3, -0.25) is 0 Å². The molecule has 2 unspecified atom stereocenters. The topological polar surface area (TPSA) is 12.0 Å². The molecule has 0 aromatic heterocycles. The molecule has 1 aliphatic heterocycles. The zero-order chi connectivity index (χ0) is 11.7. The Hall–Kier alpha value is -0.820. The fourth-order valence-corrected chi connectivity index (χ4v) is 3.39. The molecule has 1 aliphatic carbocycles. The minimum atomic E-state index is 0.697. The summed E-state index contributed by atoms with van der Waals surface area (Å²) in [5, 5.41) is 3.69. The third-order valence-corrected chi connectivity index (χ3v) is 4.55. The second-order valence-corrected chi connectivity index (χ2v) is 5.84. The molecule has 1 heterocycles. The number of hydrogen-bond acceptors (Lipinski definition) is 1. The fourth-order valence-electron chi connectivity index (χ4n) is 3.39. The zero-order valence-electron chi connectivity index (χ0n) is 10.8. The van der Waals surface area contributed by atoms with Crippen LogP contribution >= 0.6 is 0 Å². The maximum Gasteiger partial charge on any atom is 0.0133 e. The Balaban J connectivity index is 1.72. The number of rotatable bonds is 2. The van der Waals surface area contributed by atoms with Crippen molar-refractivity contribution in [2.24, 2.45) is 5.92 Å². The Bertz CT molecular complexity index is 397. The molecule has 1 N–H and O–H groups in total. The lowest BCUT2D eigenvalue weighted by Gasteiger charge is -2.30. The van der Waals surface area contributed by atoms with E-state index in [0.29, 0.717) is 6.04 Å². The van der Waals surface area contributed by atoms with Crippen LogP contribution in [0.2, 0.25) is 0 Å². The SMILES string of the molecule is CC1CCCNC1Cc1ccc2c(c1)CCC2. The van der Waals surface area contributed by atoms with Gasteiger partial charge in [-0.15, -0.1) is 0 Å². The highest BCUT2D eigenvalue weighted by Gasteiger charge is 2.21. The molecule has 1 aromatic rings. The second-order valence-electron chi connectivity index (χ2n) is 5.84. The van der Waals surface area contributed by atoms with Gasteiger partial charge in [-0.05, 0) is 67.7 Å². The first kappa shape index (κ1) is 11.3. The van der Waals surface area contributed by atoms with Crippen molar-refractivity contribution in [3.63, 3.8) is 0 Å². The third-order valence-electron chi connectivity index (χ3n) is 4.55. The summed E-state index contributed by atoms with van der Waals surface area (Å²) < 4.78 is 0. The molecule has 0 saturated carbocycles. The normalized spacial score (nSPS) is 28.1. The van der Waals surface area contributed by atoms with Crippen LogP contribution in [-0.2, 0) is 19.3 Å². The molecule has 1 nitrogen and oxygen atoms in total. The predicted octanol–water partition coefficient (Wildman–Crippen LogP) is 3.11. The monoisotopic (exact) mass is 229 g/mol. The van der Waals surface area contributed by atoms with Crippen LogP contribution in [0.3, 0.4) is 0 Å². The van der Waals surface area contributed by atoms with Gasteiger partial charge in [-0.1, -0.05) is 25.1 Å². The summed E-state index contributed by atoms with van der Waals surface area (Å²) in [7, 11) is 0. The van der Waals surface area contributed by atoms with Crippen LogP contribution in [0, 0.1) is 5.92 Å². The van der Waals surface area contributed by atoms with Crippen LogP contribution in [0.15, 0.2) is 18.2 Å². The first-order valence-corrected chi connectivity index (χ1v) is 7.17. The molecular weight excluding hydrogens is 206 g/mol. The third kappa shape index (κ3) is 2.40. The lowest BCUT2D eigenvalue weighted by molar-refractivity contribution is 0.298. The first-order valence-electron chi connectivity index (χ1n) is 7.17. The van der Waals surface area contributed by atoms with Crippen LogP contribution < -0.4 is 5.32 Å². The van der Waals surface area contributed by atoms with Crippen molar-refractivity contribution in [3.8, 4) is 0 Å². The summed E-state index contributed by atoms with van der Waals surface area (Å²) in [6.45, 7) is 3.60. The standard InChI is InChI=1S/C16H23N/c1-12-4-3-9-17-16(12)11-13-7-8-14-5-2-6-15(14)10-13/h7-8,10,12,16-17H,2-6,9,11H2,1H3. The van der Waals surface area contributed by atoms with Gasteiger partial charge in [-0.25, -0.2) is 0 Å². The van der Waals surface area contributed by atoms with Gasteiger partial charge in [0, 0.05) is 6.04 Å². The number of fused-ring (bicyclic) bond motifs is 1. The molecule has 0 amide bonds. The van der Waals surface area contributed by atoms with Gasteiger partial charge in [0.25, 0.3) is 0 Å². The summed E-state index contributed by atoms with van der Waals surface area (Å²) in [5.41, 5.74) is 4.75. The Morgan fingerprint density at radius 2 is 2.06 bits per heavy atom. The number of benzene rings is 1. The van der Waals surface area contributed by atoms with Crippen LogP contribution in [0.1, 0.15) is 42.9 Å². The highest BCUT2D eigenvalue weighted by molar-refractivity contribution is 5.35. The van der Waals surface area contributed by atoms with E-state index in [9.17, 15) is 0 Å². The largest absolute Gasteiger partial charge is 0.313 e. The van der Waals surface area contributed by atoms with Crippen LogP contribution in [0.25, 0.3) is 0 Å². The molecule has 92 valence electrons. The van der Waals surface area contributed by atoms with Crippen molar-refractivity contribution in [1.29, 1.82) is 0 Å². The number of hydrogen-bond donors (Lipinski definition) is 1. The summed E-state index contributed by atoms with van der Waals surface area (Å²) in [4.78, 5) is 0. The van der Waals surface area contributed by atoms with Crippen LogP contribution in [0.4, 0.5) is 0 Å². The molecule has 1 aromatic carbocycles. The van der Waals surface area contributed by atoms with Gasteiger partial charge >= 0.3 is 0 Å². The lowest BCUT2D eigenvalue weighted by Crippen LogP contribution is -2.41. The number of nitrogens with one attached hydrogen (secondary N) is 1. The van der Waals surface area contributed by atoms with Gasteiger partial charge in [-0.2, -0.15) is 0 Å². The number of piperidine rings is 1. The average Bonchev–Trinajstić information content (AvgIpc) is 2.79. The maximum atomic E-state index is 3.69. The van der Waals surface area contributed by atoms with Gasteiger partial charge < -0.3 is 5.32 Å². The Labute approximate surface area is 105 Å². The molecular formula is C16H23N. The quantitative estimate of drug-likeness (QED) is 0.821. The summed E-state index contributed by atoms with van der Waals surface area (Å²) in [6.07, 6.45) is 7.92. The summed E-state index contributed by atoms with van der Waals surface area (Å²) in [5.74, 6) is 0.831. The lowest BCUT2D eigenvalue weighted by atomic mass is 9.88. The molecule has 1 heteroatoms. The van der Waals surface area contributed by atoms with E-state index >= 15 is 0 Å². The Kier molecular flexibility index (Phi) is 3.19. The van der Waals surface area contributed by atoms with Gasteiger partial charge in [0.05, 0.1) is 0 Å². The van der Waals surface area contributed by atoms with Crippen molar-refractivity contribution in [2.45, 2.75) is 51.5 Å². The molecule has 1 saturated heterocycles. The van der Waals surface area contributed by atoms with E-state index in [2.05, 4.69) is 30.4 Å². The minimum absolute atomic E-state index is 0.697. The summed E-state index contributed by atoms with van der Waals surface area (Å²) >= 11 is 0. The van der Waals surface area contributed by atoms with Crippen molar-refractivity contribution in [1.82, 2.24) is 5.32 Å². The molecule has 17 heavy (non-hydrogen) atoms. The molecule has 0 spiro atoms. The second kappa shape index (κ2) is 4.81. The maximum absolute atomic E-state index is 3.69. The molecule has 1 fully saturated rings. The van der Waals surface area contributed by atoms with E-state index in [0.717, 1.165) is 5.92 Å². The smallest absolute Gasteiger partial charge is 0.0133 e. The number of aryl methyl sites for hydroxylation is 2. The van der Waals surface area contributed by atoms with Gasteiger partial charge in [0.2, 0.25) is 0 Å². The molecule has 0 radical (unpaired) electrons. The van der Waals surface area contributed by atoms with E-state index in [1.54, 1.807) is 11.1 Å². The minimum Gasteiger partial charge on any atom is -0.313 e. The first-order chi connectivity index (χ1) is 8.33. The van der Waals surface area contributed by atoms with E-state index in [1.165, 1.54) is 50.6 Å². The van der Waals surface area contributed by atoms with Gasteiger partial charge in [0.1, 0.15) is 0 Å². The van der Waals surface area contributed by atoms with E-state index < -0.39 is 0 Å².